The van der Waals surface area contributed by atoms with E-state index in [2.05, 4.69) is 45.1 Å². The van der Waals surface area contributed by atoms with Crippen molar-refractivity contribution in [1.82, 2.24) is 15.5 Å². The van der Waals surface area contributed by atoms with Crippen LogP contribution in [0.3, 0.4) is 0 Å². The largest absolute Gasteiger partial charge is 0.338 e. The summed E-state index contributed by atoms with van der Waals surface area (Å²) in [5.41, 5.74) is 2.79. The highest BCUT2D eigenvalue weighted by Crippen LogP contribution is 2.21. The summed E-state index contributed by atoms with van der Waals surface area (Å²) in [6, 6.07) is 17.6. The highest BCUT2D eigenvalue weighted by atomic mass is 16.2. The maximum absolute atomic E-state index is 12.4. The average molecular weight is 408 g/mol. The third kappa shape index (κ3) is 5.30. The molecule has 2 aromatic carbocycles. The van der Waals surface area contributed by atoms with Crippen LogP contribution in [0.4, 0.5) is 21.0 Å². The van der Waals surface area contributed by atoms with Gasteiger partial charge in [0.15, 0.2) is 0 Å². The number of amides is 4. The molecular formula is C23H29N5O2. The molecule has 2 aliphatic rings. The zero-order valence-electron chi connectivity index (χ0n) is 17.1. The number of benzene rings is 2. The van der Waals surface area contributed by atoms with Crippen LogP contribution in [-0.2, 0) is 6.54 Å². The topological polar surface area (TPSA) is 76.7 Å². The molecule has 1 atom stereocenters. The number of likely N-dealkylation sites (tertiary alicyclic amines) is 1. The number of rotatable bonds is 6. The van der Waals surface area contributed by atoms with Gasteiger partial charge in [0.1, 0.15) is 0 Å². The molecule has 7 heteroatoms. The summed E-state index contributed by atoms with van der Waals surface area (Å²) < 4.78 is 0. The average Bonchev–Trinajstić information content (AvgIpc) is 3.19. The predicted octanol–water partition coefficient (Wildman–Crippen LogP) is 3.25. The number of piperidine rings is 1. The maximum Gasteiger partial charge on any atom is 0.321 e. The Labute approximate surface area is 177 Å². The quantitative estimate of drug-likeness (QED) is 0.688. The van der Waals surface area contributed by atoms with Crippen LogP contribution in [0.2, 0.25) is 0 Å². The molecule has 30 heavy (non-hydrogen) atoms. The fourth-order valence-corrected chi connectivity index (χ4v) is 4.18. The van der Waals surface area contributed by atoms with Crippen molar-refractivity contribution in [2.24, 2.45) is 5.92 Å². The van der Waals surface area contributed by atoms with Crippen molar-refractivity contribution in [3.63, 3.8) is 0 Å². The lowest BCUT2D eigenvalue weighted by molar-refractivity contribution is 0.166. The lowest BCUT2D eigenvalue weighted by Gasteiger charge is -2.32. The summed E-state index contributed by atoms with van der Waals surface area (Å²) in [4.78, 5) is 28.4. The lowest BCUT2D eigenvalue weighted by atomic mass is 9.97. The van der Waals surface area contributed by atoms with Gasteiger partial charge in [-0.1, -0.05) is 36.4 Å². The van der Waals surface area contributed by atoms with Crippen LogP contribution in [0.15, 0.2) is 54.6 Å². The highest BCUT2D eigenvalue weighted by Gasteiger charge is 2.22. The molecule has 4 rings (SSSR count). The molecule has 2 aromatic rings. The lowest BCUT2D eigenvalue weighted by Crippen LogP contribution is -2.41. The van der Waals surface area contributed by atoms with Gasteiger partial charge in [0.05, 0.1) is 0 Å². The summed E-state index contributed by atoms with van der Waals surface area (Å²) in [6.45, 7) is 4.99. The van der Waals surface area contributed by atoms with E-state index in [0.717, 1.165) is 38.2 Å². The highest BCUT2D eigenvalue weighted by molar-refractivity contribution is 5.95. The number of nitrogens with one attached hydrogen (secondary N) is 3. The maximum atomic E-state index is 12.4. The van der Waals surface area contributed by atoms with Gasteiger partial charge in [-0.05, 0) is 49.1 Å². The molecule has 0 spiro atoms. The van der Waals surface area contributed by atoms with E-state index in [1.165, 1.54) is 5.56 Å². The van der Waals surface area contributed by atoms with Crippen molar-refractivity contribution in [3.05, 3.63) is 60.2 Å². The molecule has 0 unspecified atom stereocenters. The van der Waals surface area contributed by atoms with Gasteiger partial charge in [0, 0.05) is 44.1 Å². The van der Waals surface area contributed by atoms with Crippen LogP contribution in [0.5, 0.6) is 0 Å². The van der Waals surface area contributed by atoms with E-state index in [-0.39, 0.29) is 12.1 Å². The van der Waals surface area contributed by atoms with E-state index in [9.17, 15) is 9.59 Å². The van der Waals surface area contributed by atoms with Crippen molar-refractivity contribution in [3.8, 4) is 0 Å². The number of hydrogen-bond acceptors (Lipinski definition) is 3. The van der Waals surface area contributed by atoms with Crippen molar-refractivity contribution >= 4 is 23.4 Å². The van der Waals surface area contributed by atoms with Crippen LogP contribution >= 0.6 is 0 Å². The number of urea groups is 2. The Bertz CT molecular complexity index is 873. The Hall–Kier alpha value is -3.06. The van der Waals surface area contributed by atoms with Crippen molar-refractivity contribution < 1.29 is 9.59 Å². The van der Waals surface area contributed by atoms with Gasteiger partial charge in [-0.25, -0.2) is 9.59 Å². The van der Waals surface area contributed by atoms with Gasteiger partial charge in [0.25, 0.3) is 0 Å². The smallest absolute Gasteiger partial charge is 0.321 e. The second-order valence-corrected chi connectivity index (χ2v) is 8.00. The molecule has 2 aliphatic heterocycles. The molecule has 2 saturated heterocycles. The number of carbonyl (C=O) groups excluding carboxylic acids is 2. The molecule has 2 heterocycles. The van der Waals surface area contributed by atoms with E-state index in [4.69, 9.17) is 0 Å². The predicted molar refractivity (Wildman–Crippen MR) is 119 cm³/mol. The minimum Gasteiger partial charge on any atom is -0.338 e. The summed E-state index contributed by atoms with van der Waals surface area (Å²) in [5.74, 6) is 0.452. The van der Waals surface area contributed by atoms with E-state index in [0.29, 0.717) is 31.2 Å². The Balaban J connectivity index is 1.25. The van der Waals surface area contributed by atoms with Crippen LogP contribution in [-0.4, -0.2) is 49.7 Å². The Morgan fingerprint density at radius 2 is 1.97 bits per heavy atom. The van der Waals surface area contributed by atoms with Gasteiger partial charge in [-0.2, -0.15) is 0 Å². The summed E-state index contributed by atoms with van der Waals surface area (Å²) in [7, 11) is 0. The third-order valence-corrected chi connectivity index (χ3v) is 5.68. The number of hydrogen-bond donors (Lipinski definition) is 3. The van der Waals surface area contributed by atoms with Gasteiger partial charge in [-0.15, -0.1) is 0 Å². The SMILES string of the molecule is O=C(NC[C@@H]1CCCN(Cc2ccccc2)C1)Nc1cccc(N2CCNC2=O)c1. The van der Waals surface area contributed by atoms with Gasteiger partial charge >= 0.3 is 12.1 Å². The van der Waals surface area contributed by atoms with Crippen LogP contribution in [0.1, 0.15) is 18.4 Å². The first kappa shape index (κ1) is 20.2. The molecule has 7 nitrogen and oxygen atoms in total. The molecule has 4 amide bonds. The van der Waals surface area contributed by atoms with Gasteiger partial charge in [-0.3, -0.25) is 9.80 Å². The van der Waals surface area contributed by atoms with Gasteiger partial charge in [0.2, 0.25) is 0 Å². The molecule has 2 fully saturated rings. The molecular weight excluding hydrogens is 378 g/mol. The van der Waals surface area contributed by atoms with E-state index < -0.39 is 0 Å². The van der Waals surface area contributed by atoms with Crippen LogP contribution in [0.25, 0.3) is 0 Å². The molecule has 0 aliphatic carbocycles. The fourth-order valence-electron chi connectivity index (χ4n) is 4.18. The number of anilines is 2. The van der Waals surface area contributed by atoms with Crippen LogP contribution in [0, 0.1) is 5.92 Å². The van der Waals surface area contributed by atoms with Crippen molar-refractivity contribution in [2.45, 2.75) is 19.4 Å². The first-order chi connectivity index (χ1) is 14.7. The van der Waals surface area contributed by atoms with Crippen molar-refractivity contribution in [1.29, 1.82) is 0 Å². The molecule has 158 valence electrons. The first-order valence-electron chi connectivity index (χ1n) is 10.6. The van der Waals surface area contributed by atoms with Crippen LogP contribution < -0.4 is 20.9 Å². The number of carbonyl (C=O) groups is 2. The normalized spacial score (nSPS) is 19.4. The zero-order chi connectivity index (χ0) is 20.8. The molecule has 3 N–H and O–H groups in total. The second-order valence-electron chi connectivity index (χ2n) is 8.00. The Kier molecular flexibility index (Phi) is 6.49. The minimum atomic E-state index is -0.210. The summed E-state index contributed by atoms with van der Waals surface area (Å²) in [5, 5.41) is 8.69. The summed E-state index contributed by atoms with van der Waals surface area (Å²) >= 11 is 0. The van der Waals surface area contributed by atoms with E-state index in [1.807, 2.05) is 30.3 Å². The molecule has 0 bridgehead atoms. The Morgan fingerprint density at radius 1 is 1.10 bits per heavy atom. The third-order valence-electron chi connectivity index (χ3n) is 5.68. The molecule has 0 aromatic heterocycles. The van der Waals surface area contributed by atoms with Gasteiger partial charge < -0.3 is 16.0 Å². The standard InChI is InChI=1S/C23H29N5O2/c29-22(26-20-9-4-10-21(14-20)28-13-11-24-23(28)30)25-15-19-8-5-12-27(17-19)16-18-6-2-1-3-7-18/h1-4,6-7,9-10,14,19H,5,8,11-13,15-17H2,(H,24,30)(H2,25,26,29)/t19-/m0/s1. The molecule has 0 saturated carbocycles. The zero-order valence-corrected chi connectivity index (χ0v) is 17.1. The minimum absolute atomic E-state index is 0.103. The fraction of sp³-hybridized carbons (Fsp3) is 0.391. The first-order valence-corrected chi connectivity index (χ1v) is 10.6. The van der Waals surface area contributed by atoms with Crippen molar-refractivity contribution in [2.75, 3.05) is 42.9 Å². The second kappa shape index (κ2) is 9.63. The monoisotopic (exact) mass is 407 g/mol. The summed E-state index contributed by atoms with van der Waals surface area (Å²) in [6.07, 6.45) is 2.28. The molecule has 0 radical (unpaired) electrons. The number of nitrogens with zero attached hydrogens (tertiary/aromatic N) is 2. The van der Waals surface area contributed by atoms with E-state index in [1.54, 1.807) is 4.90 Å². The Morgan fingerprint density at radius 3 is 2.77 bits per heavy atom. The van der Waals surface area contributed by atoms with E-state index >= 15 is 0 Å².